The average molecular weight is 370 g/mol. The molecule has 0 radical (unpaired) electrons. The fourth-order valence-corrected chi connectivity index (χ4v) is 6.96. The van der Waals surface area contributed by atoms with Crippen LogP contribution in [0.2, 0.25) is 0 Å². The van der Waals surface area contributed by atoms with Gasteiger partial charge in [-0.05, 0) is 24.3 Å². The first kappa shape index (κ1) is 15.4. The fourth-order valence-electron chi connectivity index (χ4n) is 2.61. The molecule has 0 aromatic heterocycles. The molecule has 4 fully saturated rings. The van der Waals surface area contributed by atoms with Gasteiger partial charge in [0.25, 0.3) is 0 Å². The van der Waals surface area contributed by atoms with Crippen LogP contribution in [0.25, 0.3) is 0 Å². The third kappa shape index (κ3) is 2.81. The molecule has 1 aromatic rings. The molecule has 4 saturated heterocycles. The molecule has 5 rings (SSSR count). The van der Waals surface area contributed by atoms with E-state index in [2.05, 4.69) is 0 Å². The zero-order valence-corrected chi connectivity index (χ0v) is 15.1. The molecule has 130 valence electrons. The Hall–Kier alpha value is -0.880. The molecule has 0 aliphatic carbocycles. The molecule has 0 spiro atoms. The largest absolute Gasteiger partial charge is 0.422 e. The molecule has 0 bridgehead atoms. The third-order valence-electron chi connectivity index (χ3n) is 4.40. The lowest BCUT2D eigenvalue weighted by atomic mass is 10.3. The summed E-state index contributed by atoms with van der Waals surface area (Å²) in [6.45, 7) is 6.59. The van der Waals surface area contributed by atoms with E-state index in [1.54, 1.807) is 24.3 Å². The number of hydrogen-bond donors (Lipinski definition) is 0. The van der Waals surface area contributed by atoms with Crippen molar-refractivity contribution in [2.75, 3.05) is 52.4 Å². The predicted molar refractivity (Wildman–Crippen MR) is 89.2 cm³/mol. The van der Waals surface area contributed by atoms with Crippen molar-refractivity contribution < 1.29 is 18.2 Å². The first-order valence-electron chi connectivity index (χ1n) is 8.29. The van der Waals surface area contributed by atoms with Gasteiger partial charge in [-0.25, -0.2) is 27.8 Å². The molecule has 24 heavy (non-hydrogen) atoms. The van der Waals surface area contributed by atoms with Crippen molar-refractivity contribution >= 4 is 15.3 Å². The SMILES string of the molecule is O=P(Oc1ccc(OP(=O)(N2CC2)N2CC2)cc1)(N1CC1)N1CC1. The van der Waals surface area contributed by atoms with Crippen LogP contribution in [-0.2, 0) is 9.13 Å². The summed E-state index contributed by atoms with van der Waals surface area (Å²) in [6.07, 6.45) is 0. The smallest absolute Gasteiger partial charge is 0.395 e. The normalized spacial score (nSPS) is 24.7. The van der Waals surface area contributed by atoms with Crippen molar-refractivity contribution in [3.05, 3.63) is 24.3 Å². The van der Waals surface area contributed by atoms with Gasteiger partial charge in [-0.1, -0.05) is 0 Å². The lowest BCUT2D eigenvalue weighted by Gasteiger charge is -2.22. The molecule has 4 aliphatic heterocycles. The van der Waals surface area contributed by atoms with Crippen molar-refractivity contribution in [2.24, 2.45) is 0 Å². The highest BCUT2D eigenvalue weighted by Gasteiger charge is 2.51. The second-order valence-corrected chi connectivity index (χ2v) is 11.0. The quantitative estimate of drug-likeness (QED) is 0.508. The van der Waals surface area contributed by atoms with E-state index in [9.17, 15) is 9.13 Å². The summed E-state index contributed by atoms with van der Waals surface area (Å²) in [4.78, 5) is 0. The first-order valence-corrected chi connectivity index (χ1v) is 11.4. The summed E-state index contributed by atoms with van der Waals surface area (Å²) >= 11 is 0. The summed E-state index contributed by atoms with van der Waals surface area (Å²) in [5, 5.41) is 0. The zero-order chi connectivity index (χ0) is 16.4. The number of hydrogen-bond acceptors (Lipinski definition) is 4. The van der Waals surface area contributed by atoms with Gasteiger partial charge in [0, 0.05) is 52.4 Å². The maximum absolute atomic E-state index is 13.0. The number of rotatable bonds is 8. The Morgan fingerprint density at radius 1 is 0.583 bits per heavy atom. The van der Waals surface area contributed by atoms with Crippen molar-refractivity contribution in [3.63, 3.8) is 0 Å². The molecular formula is C14H20N4O4P2. The summed E-state index contributed by atoms with van der Waals surface area (Å²) in [5.74, 6) is 1.11. The maximum Gasteiger partial charge on any atom is 0.395 e. The zero-order valence-electron chi connectivity index (χ0n) is 13.3. The second-order valence-electron chi connectivity index (χ2n) is 6.45. The van der Waals surface area contributed by atoms with Crippen LogP contribution < -0.4 is 9.05 Å². The molecule has 8 nitrogen and oxygen atoms in total. The van der Waals surface area contributed by atoms with E-state index in [1.807, 2.05) is 18.7 Å². The highest BCUT2D eigenvalue weighted by molar-refractivity contribution is 7.55. The van der Waals surface area contributed by atoms with Crippen LogP contribution in [0.1, 0.15) is 0 Å². The van der Waals surface area contributed by atoms with E-state index in [4.69, 9.17) is 9.05 Å². The maximum atomic E-state index is 13.0. The van der Waals surface area contributed by atoms with Crippen LogP contribution >= 0.6 is 15.3 Å². The van der Waals surface area contributed by atoms with Gasteiger partial charge in [0.05, 0.1) is 0 Å². The lowest BCUT2D eigenvalue weighted by molar-refractivity contribution is 0.404. The summed E-state index contributed by atoms with van der Waals surface area (Å²) in [5.41, 5.74) is 0. The Balaban J connectivity index is 1.30. The van der Waals surface area contributed by atoms with Gasteiger partial charge >= 0.3 is 15.3 Å². The Bertz CT molecular complexity index is 647. The van der Waals surface area contributed by atoms with Gasteiger partial charge in [0.1, 0.15) is 11.5 Å². The van der Waals surface area contributed by atoms with Crippen LogP contribution in [0.5, 0.6) is 11.5 Å². The van der Waals surface area contributed by atoms with Gasteiger partial charge in [0.15, 0.2) is 0 Å². The molecule has 10 heteroatoms. The molecule has 0 unspecified atom stereocenters. The average Bonchev–Trinajstić information content (AvgIpc) is 3.35. The predicted octanol–water partition coefficient (Wildman–Crippen LogP) is 1.92. The molecule has 1 aromatic carbocycles. The minimum Gasteiger partial charge on any atom is -0.422 e. The molecule has 4 aliphatic rings. The van der Waals surface area contributed by atoms with Gasteiger partial charge < -0.3 is 9.05 Å². The van der Waals surface area contributed by atoms with Crippen LogP contribution in [0, 0.1) is 0 Å². The minimum atomic E-state index is -2.88. The monoisotopic (exact) mass is 370 g/mol. The molecule has 0 amide bonds. The van der Waals surface area contributed by atoms with Crippen molar-refractivity contribution in [1.29, 1.82) is 0 Å². The van der Waals surface area contributed by atoms with E-state index in [0.717, 1.165) is 52.4 Å². The molecule has 0 N–H and O–H groups in total. The lowest BCUT2D eigenvalue weighted by Crippen LogP contribution is -2.11. The molecular weight excluding hydrogens is 350 g/mol. The van der Waals surface area contributed by atoms with E-state index < -0.39 is 15.3 Å². The van der Waals surface area contributed by atoms with Gasteiger partial charge in [0.2, 0.25) is 0 Å². The van der Waals surface area contributed by atoms with Crippen LogP contribution in [0.4, 0.5) is 0 Å². The number of nitrogens with zero attached hydrogens (tertiary/aromatic N) is 4. The summed E-state index contributed by atoms with van der Waals surface area (Å²) < 4.78 is 45.0. The van der Waals surface area contributed by atoms with E-state index in [0.29, 0.717) is 11.5 Å². The highest BCUT2D eigenvalue weighted by atomic mass is 31.2. The van der Waals surface area contributed by atoms with E-state index in [-0.39, 0.29) is 0 Å². The molecule has 0 saturated carbocycles. The second kappa shape index (κ2) is 5.31. The Morgan fingerprint density at radius 2 is 0.833 bits per heavy atom. The van der Waals surface area contributed by atoms with E-state index in [1.165, 1.54) is 0 Å². The van der Waals surface area contributed by atoms with Gasteiger partial charge in [-0.15, -0.1) is 0 Å². The van der Waals surface area contributed by atoms with Gasteiger partial charge in [-0.2, -0.15) is 0 Å². The van der Waals surface area contributed by atoms with Crippen molar-refractivity contribution in [3.8, 4) is 11.5 Å². The fraction of sp³-hybridized carbons (Fsp3) is 0.571. The van der Waals surface area contributed by atoms with Crippen molar-refractivity contribution in [1.82, 2.24) is 18.7 Å². The van der Waals surface area contributed by atoms with Crippen LogP contribution in [-0.4, -0.2) is 71.0 Å². The number of benzene rings is 1. The Morgan fingerprint density at radius 3 is 1.04 bits per heavy atom. The standard InChI is InChI=1S/C14H20N4O4P2/c19-23(15-5-6-15,16-7-8-16)21-13-1-2-14(4-3-13)22-24(20,17-9-10-17)18-11-12-18/h1-4H,5-12H2. The van der Waals surface area contributed by atoms with Crippen LogP contribution in [0.15, 0.2) is 24.3 Å². The minimum absolute atomic E-state index is 0.553. The van der Waals surface area contributed by atoms with Gasteiger partial charge in [-0.3, -0.25) is 0 Å². The summed E-state index contributed by atoms with van der Waals surface area (Å²) in [7, 11) is -5.75. The molecule has 0 atom stereocenters. The molecule has 4 heterocycles. The van der Waals surface area contributed by atoms with E-state index >= 15 is 0 Å². The first-order chi connectivity index (χ1) is 11.6. The Kier molecular flexibility index (Phi) is 3.40. The van der Waals surface area contributed by atoms with Crippen LogP contribution in [0.3, 0.4) is 0 Å². The topological polar surface area (TPSA) is 64.6 Å². The highest BCUT2D eigenvalue weighted by Crippen LogP contribution is 2.62. The summed E-state index contributed by atoms with van der Waals surface area (Å²) in [6, 6.07) is 6.96. The third-order valence-corrected chi connectivity index (χ3v) is 9.75. The van der Waals surface area contributed by atoms with Crippen molar-refractivity contribution in [2.45, 2.75) is 0 Å². The Labute approximate surface area is 141 Å².